The molecule has 0 saturated carbocycles. The Kier molecular flexibility index (Phi) is 5.63. The Bertz CT molecular complexity index is 940. The number of nitrogens with zero attached hydrogens (tertiary/aromatic N) is 3. The van der Waals surface area contributed by atoms with Crippen LogP contribution in [-0.4, -0.2) is 20.7 Å². The van der Waals surface area contributed by atoms with Crippen LogP contribution in [0.4, 0.5) is 0 Å². The van der Waals surface area contributed by atoms with E-state index in [1.54, 1.807) is 35.7 Å². The van der Waals surface area contributed by atoms with Gasteiger partial charge in [0, 0.05) is 17.4 Å². The van der Waals surface area contributed by atoms with Gasteiger partial charge in [-0.15, -0.1) is 11.3 Å². The van der Waals surface area contributed by atoms with Crippen molar-refractivity contribution >= 4 is 28.6 Å². The Balaban J connectivity index is 1.79. The standard InChI is InChI=1S/C18H20N4O2S2/c1-11-4-5-17(24)22(21-11)9-16(23)20-15(8-14-6-7-25-10-14)18-19-12(2)13(3)26-18/h4-7,10,15H,8-9H2,1-3H3,(H,20,23)/t15-/m0/s1. The second-order valence-electron chi connectivity index (χ2n) is 6.12. The molecular weight excluding hydrogens is 368 g/mol. The summed E-state index contributed by atoms with van der Waals surface area (Å²) in [5, 5.41) is 12.1. The van der Waals surface area contributed by atoms with Crippen LogP contribution in [-0.2, 0) is 17.8 Å². The van der Waals surface area contributed by atoms with Crippen molar-refractivity contribution in [2.75, 3.05) is 0 Å². The van der Waals surface area contributed by atoms with Gasteiger partial charge in [0.05, 0.1) is 17.4 Å². The van der Waals surface area contributed by atoms with Gasteiger partial charge in [-0.3, -0.25) is 9.59 Å². The highest BCUT2D eigenvalue weighted by Crippen LogP contribution is 2.26. The zero-order valence-electron chi connectivity index (χ0n) is 14.9. The summed E-state index contributed by atoms with van der Waals surface area (Å²) >= 11 is 3.22. The van der Waals surface area contributed by atoms with Gasteiger partial charge in [0.15, 0.2) is 0 Å². The third kappa shape index (κ3) is 4.44. The Morgan fingerprint density at radius 2 is 2.08 bits per heavy atom. The van der Waals surface area contributed by atoms with Crippen LogP contribution < -0.4 is 10.9 Å². The Hall–Kier alpha value is -2.32. The molecule has 0 aliphatic carbocycles. The van der Waals surface area contributed by atoms with Gasteiger partial charge < -0.3 is 5.32 Å². The first-order valence-corrected chi connectivity index (χ1v) is 9.97. The topological polar surface area (TPSA) is 76.9 Å². The van der Waals surface area contributed by atoms with Gasteiger partial charge in [0.1, 0.15) is 11.6 Å². The van der Waals surface area contributed by atoms with Crippen molar-refractivity contribution in [1.82, 2.24) is 20.1 Å². The molecule has 136 valence electrons. The summed E-state index contributed by atoms with van der Waals surface area (Å²) in [5.74, 6) is -0.254. The van der Waals surface area contributed by atoms with Gasteiger partial charge >= 0.3 is 0 Å². The highest BCUT2D eigenvalue weighted by Gasteiger charge is 2.20. The number of hydrogen-bond donors (Lipinski definition) is 1. The lowest BCUT2D eigenvalue weighted by Crippen LogP contribution is -2.36. The number of hydrogen-bond acceptors (Lipinski definition) is 6. The number of nitrogens with one attached hydrogen (secondary N) is 1. The molecular formula is C18H20N4O2S2. The normalized spacial score (nSPS) is 12.1. The van der Waals surface area contributed by atoms with Crippen LogP contribution >= 0.6 is 22.7 Å². The van der Waals surface area contributed by atoms with Gasteiger partial charge in [-0.2, -0.15) is 16.4 Å². The zero-order chi connectivity index (χ0) is 18.7. The van der Waals surface area contributed by atoms with Gasteiger partial charge in [-0.05, 0) is 49.2 Å². The maximum atomic E-state index is 12.5. The molecule has 3 rings (SSSR count). The first kappa shape index (κ1) is 18.5. The molecule has 0 aliphatic heterocycles. The summed E-state index contributed by atoms with van der Waals surface area (Å²) in [6.07, 6.45) is 0.664. The van der Waals surface area contributed by atoms with Gasteiger partial charge in [0.25, 0.3) is 5.56 Å². The average Bonchev–Trinajstić information content (AvgIpc) is 3.21. The minimum absolute atomic E-state index is 0.107. The Morgan fingerprint density at radius 1 is 1.27 bits per heavy atom. The van der Waals surface area contributed by atoms with Crippen molar-refractivity contribution in [3.8, 4) is 0 Å². The highest BCUT2D eigenvalue weighted by molar-refractivity contribution is 7.11. The molecule has 0 radical (unpaired) electrons. The first-order chi connectivity index (χ1) is 12.4. The van der Waals surface area contributed by atoms with Crippen molar-refractivity contribution in [3.05, 3.63) is 66.1 Å². The molecule has 3 aromatic heterocycles. The van der Waals surface area contributed by atoms with Gasteiger partial charge in [-0.25, -0.2) is 9.67 Å². The van der Waals surface area contributed by atoms with E-state index in [1.165, 1.54) is 10.7 Å². The van der Waals surface area contributed by atoms with Crippen molar-refractivity contribution in [1.29, 1.82) is 0 Å². The van der Waals surface area contributed by atoms with E-state index in [9.17, 15) is 9.59 Å². The largest absolute Gasteiger partial charge is 0.345 e. The molecule has 0 bridgehead atoms. The van der Waals surface area contributed by atoms with E-state index in [0.717, 1.165) is 21.1 Å². The van der Waals surface area contributed by atoms with Crippen LogP contribution in [0.15, 0.2) is 33.8 Å². The summed E-state index contributed by atoms with van der Waals surface area (Å²) in [6, 6.07) is 4.88. The first-order valence-electron chi connectivity index (χ1n) is 8.21. The second kappa shape index (κ2) is 7.92. The monoisotopic (exact) mass is 388 g/mol. The van der Waals surface area contributed by atoms with Crippen LogP contribution in [0.3, 0.4) is 0 Å². The van der Waals surface area contributed by atoms with Crippen LogP contribution in [0.5, 0.6) is 0 Å². The smallest absolute Gasteiger partial charge is 0.267 e. The molecule has 0 aromatic carbocycles. The maximum absolute atomic E-state index is 12.5. The van der Waals surface area contributed by atoms with E-state index in [-0.39, 0.29) is 24.1 Å². The number of aryl methyl sites for hydroxylation is 3. The minimum Gasteiger partial charge on any atom is -0.345 e. The molecule has 6 nitrogen and oxygen atoms in total. The van der Waals surface area contributed by atoms with E-state index >= 15 is 0 Å². The van der Waals surface area contributed by atoms with Crippen molar-refractivity contribution < 1.29 is 4.79 Å². The number of amides is 1. The lowest BCUT2D eigenvalue weighted by Gasteiger charge is -2.16. The molecule has 8 heteroatoms. The van der Waals surface area contributed by atoms with E-state index < -0.39 is 0 Å². The van der Waals surface area contributed by atoms with Gasteiger partial charge in [-0.1, -0.05) is 0 Å². The lowest BCUT2D eigenvalue weighted by molar-refractivity contribution is -0.122. The summed E-state index contributed by atoms with van der Waals surface area (Å²) in [5.41, 5.74) is 2.53. The molecule has 1 atom stereocenters. The Labute approximate surface area is 159 Å². The molecule has 0 fully saturated rings. The third-order valence-corrected chi connectivity index (χ3v) is 5.91. The zero-order valence-corrected chi connectivity index (χ0v) is 16.5. The van der Waals surface area contributed by atoms with Crippen LogP contribution in [0.25, 0.3) is 0 Å². The fraction of sp³-hybridized carbons (Fsp3) is 0.333. The highest BCUT2D eigenvalue weighted by atomic mass is 32.1. The third-order valence-electron chi connectivity index (χ3n) is 3.99. The van der Waals surface area contributed by atoms with Crippen molar-refractivity contribution in [2.24, 2.45) is 0 Å². The number of thiophene rings is 1. The van der Waals surface area contributed by atoms with Gasteiger partial charge in [0.2, 0.25) is 5.91 Å². The lowest BCUT2D eigenvalue weighted by atomic mass is 10.1. The van der Waals surface area contributed by atoms with E-state index in [2.05, 4.69) is 20.8 Å². The number of carbonyl (C=O) groups is 1. The second-order valence-corrected chi connectivity index (χ2v) is 8.13. The fourth-order valence-corrected chi connectivity index (χ4v) is 4.19. The Morgan fingerprint density at radius 3 is 2.73 bits per heavy atom. The minimum atomic E-state index is -0.291. The summed E-state index contributed by atoms with van der Waals surface area (Å²) in [4.78, 5) is 30.2. The molecule has 1 amide bonds. The number of rotatable bonds is 6. The van der Waals surface area contributed by atoms with E-state index in [1.807, 2.05) is 25.3 Å². The molecule has 3 aromatic rings. The summed E-state index contributed by atoms with van der Waals surface area (Å²) < 4.78 is 1.19. The molecule has 0 saturated heterocycles. The van der Waals surface area contributed by atoms with E-state index in [4.69, 9.17) is 0 Å². The van der Waals surface area contributed by atoms with Crippen LogP contribution in [0, 0.1) is 20.8 Å². The molecule has 1 N–H and O–H groups in total. The van der Waals surface area contributed by atoms with Crippen molar-refractivity contribution in [3.63, 3.8) is 0 Å². The van der Waals surface area contributed by atoms with Crippen molar-refractivity contribution in [2.45, 2.75) is 39.8 Å². The SMILES string of the molecule is Cc1ccc(=O)n(CC(=O)N[C@@H](Cc2ccsc2)c2nc(C)c(C)s2)n1. The molecule has 26 heavy (non-hydrogen) atoms. The molecule has 3 heterocycles. The molecule has 0 spiro atoms. The van der Waals surface area contributed by atoms with E-state index in [0.29, 0.717) is 12.1 Å². The number of aromatic nitrogens is 3. The average molecular weight is 389 g/mol. The van der Waals surface area contributed by atoms with Crippen LogP contribution in [0.1, 0.15) is 32.9 Å². The molecule has 0 unspecified atom stereocenters. The fourth-order valence-electron chi connectivity index (χ4n) is 2.53. The molecule has 0 aliphatic rings. The number of carbonyl (C=O) groups excluding carboxylic acids is 1. The summed E-state index contributed by atoms with van der Waals surface area (Å²) in [6.45, 7) is 5.67. The predicted molar refractivity (Wildman–Crippen MR) is 104 cm³/mol. The quantitative estimate of drug-likeness (QED) is 0.704. The number of thiazole rings is 1. The predicted octanol–water partition coefficient (Wildman–Crippen LogP) is 2.79. The summed E-state index contributed by atoms with van der Waals surface area (Å²) in [7, 11) is 0. The maximum Gasteiger partial charge on any atom is 0.267 e. The van der Waals surface area contributed by atoms with Crippen LogP contribution in [0.2, 0.25) is 0 Å².